The summed E-state index contributed by atoms with van der Waals surface area (Å²) in [6.45, 7) is 2.10. The van der Waals surface area contributed by atoms with E-state index in [0.29, 0.717) is 0 Å². The Hall–Kier alpha value is -1.75. The van der Waals surface area contributed by atoms with Crippen molar-refractivity contribution in [2.45, 2.75) is 16.8 Å². The second-order valence-corrected chi connectivity index (χ2v) is 5.36. The molecule has 84 valence electrons. The van der Waals surface area contributed by atoms with E-state index in [9.17, 15) is 0 Å². The van der Waals surface area contributed by atoms with Crippen LogP contribution < -0.4 is 0 Å². The Labute approximate surface area is 110 Å². The third-order valence-electron chi connectivity index (χ3n) is 3.25. The fourth-order valence-electron chi connectivity index (χ4n) is 2.38. The van der Waals surface area contributed by atoms with Gasteiger partial charge in [0, 0.05) is 22.0 Å². The van der Waals surface area contributed by atoms with Crippen molar-refractivity contribution < 1.29 is 0 Å². The zero-order chi connectivity index (χ0) is 12.3. The highest BCUT2D eigenvalue weighted by molar-refractivity contribution is 7.99. The molecular formula is C13H8BN3S. The number of nitrogens with zero attached hydrogens (tertiary/aromatic N) is 3. The van der Waals surface area contributed by atoms with E-state index in [0.717, 1.165) is 27.2 Å². The van der Waals surface area contributed by atoms with Crippen LogP contribution in [0, 0.1) is 6.92 Å². The van der Waals surface area contributed by atoms with Crippen LogP contribution >= 0.6 is 11.8 Å². The molecule has 0 saturated carbocycles. The average molecular weight is 249 g/mol. The summed E-state index contributed by atoms with van der Waals surface area (Å²) in [6, 6.07) is 8.07. The van der Waals surface area contributed by atoms with E-state index in [2.05, 4.69) is 23.1 Å². The lowest BCUT2D eigenvalue weighted by Crippen LogP contribution is -1.94. The van der Waals surface area contributed by atoms with E-state index in [1.165, 1.54) is 15.1 Å². The molecule has 0 atom stereocenters. The molecule has 0 fully saturated rings. The minimum atomic E-state index is 0.938. The lowest BCUT2D eigenvalue weighted by molar-refractivity contribution is 1.02. The van der Waals surface area contributed by atoms with Gasteiger partial charge in [0.05, 0.1) is 5.52 Å². The molecule has 1 aromatic carbocycles. The first-order valence-electron chi connectivity index (χ1n) is 5.66. The van der Waals surface area contributed by atoms with Gasteiger partial charge in [-0.2, -0.15) is 5.10 Å². The second kappa shape index (κ2) is 3.39. The van der Waals surface area contributed by atoms with Crippen LogP contribution in [0.4, 0.5) is 0 Å². The van der Waals surface area contributed by atoms with Crippen LogP contribution in [0.5, 0.6) is 0 Å². The average Bonchev–Trinajstić information content (AvgIpc) is 2.72. The van der Waals surface area contributed by atoms with Gasteiger partial charge in [0.25, 0.3) is 7.98 Å². The molecule has 4 rings (SSSR count). The van der Waals surface area contributed by atoms with E-state index in [4.69, 9.17) is 7.98 Å². The maximum Gasteiger partial charge on any atom is 0.265 e. The molecule has 2 aromatic heterocycles. The monoisotopic (exact) mass is 249 g/mol. The smallest absolute Gasteiger partial charge is 0.265 e. The van der Waals surface area contributed by atoms with Crippen LogP contribution in [-0.4, -0.2) is 22.7 Å². The molecule has 3 nitrogen and oxygen atoms in total. The minimum Gasteiger partial charge on any atom is -0.323 e. The molecule has 1 aliphatic rings. The fourth-order valence-corrected chi connectivity index (χ4v) is 3.49. The summed E-state index contributed by atoms with van der Waals surface area (Å²) >= 11 is 1.69. The molecule has 0 bridgehead atoms. The number of pyridine rings is 1. The van der Waals surface area contributed by atoms with E-state index in [1.54, 1.807) is 11.8 Å². The summed E-state index contributed by atoms with van der Waals surface area (Å²) in [6.07, 6.45) is 1.81. The van der Waals surface area contributed by atoms with Crippen molar-refractivity contribution in [3.63, 3.8) is 0 Å². The minimum absolute atomic E-state index is 0.938. The van der Waals surface area contributed by atoms with Crippen molar-refractivity contribution in [3.05, 3.63) is 36.0 Å². The highest BCUT2D eigenvalue weighted by Crippen LogP contribution is 2.47. The van der Waals surface area contributed by atoms with Crippen LogP contribution in [0.2, 0.25) is 0 Å². The molecule has 0 spiro atoms. The molecule has 3 aromatic rings. The molecular weight excluding hydrogens is 241 g/mol. The zero-order valence-electron chi connectivity index (χ0n) is 9.71. The number of benzene rings is 1. The number of aromatic nitrogens is 3. The predicted molar refractivity (Wildman–Crippen MR) is 73.0 cm³/mol. The number of fused-ring (bicyclic) bond motifs is 2. The van der Waals surface area contributed by atoms with Gasteiger partial charge in [-0.1, -0.05) is 17.8 Å². The number of rotatable bonds is 0. The van der Waals surface area contributed by atoms with Crippen molar-refractivity contribution in [2.75, 3.05) is 0 Å². The van der Waals surface area contributed by atoms with Gasteiger partial charge < -0.3 is 4.59 Å². The van der Waals surface area contributed by atoms with Gasteiger partial charge in [0.2, 0.25) is 0 Å². The van der Waals surface area contributed by atoms with Gasteiger partial charge in [0.15, 0.2) is 0 Å². The Bertz CT molecular complexity index is 794. The topological polar surface area (TPSA) is 30.7 Å². The summed E-state index contributed by atoms with van der Waals surface area (Å²) in [5, 5.41) is 6.58. The number of hydrogen-bond donors (Lipinski definition) is 0. The lowest BCUT2D eigenvalue weighted by atomic mass is 10.1. The van der Waals surface area contributed by atoms with Crippen molar-refractivity contribution in [1.82, 2.24) is 14.7 Å². The largest absolute Gasteiger partial charge is 0.323 e. The first kappa shape index (κ1) is 10.2. The molecule has 0 amide bonds. The quantitative estimate of drug-likeness (QED) is 0.449. The number of hydrogen-bond acceptors (Lipinski definition) is 3. The first-order chi connectivity index (χ1) is 8.75. The molecule has 2 radical (unpaired) electrons. The third-order valence-corrected chi connectivity index (χ3v) is 4.50. The summed E-state index contributed by atoms with van der Waals surface area (Å²) in [7, 11) is 5.93. The number of aryl methyl sites for hydroxylation is 1. The Morgan fingerprint density at radius 3 is 3.06 bits per heavy atom. The summed E-state index contributed by atoms with van der Waals surface area (Å²) in [4.78, 5) is 5.64. The van der Waals surface area contributed by atoms with Crippen molar-refractivity contribution in [2.24, 2.45) is 0 Å². The Morgan fingerprint density at radius 2 is 2.17 bits per heavy atom. The molecule has 3 heterocycles. The van der Waals surface area contributed by atoms with Gasteiger partial charge in [-0.25, -0.2) is 4.98 Å². The zero-order valence-corrected chi connectivity index (χ0v) is 10.5. The Balaban J connectivity index is 2.23. The first-order valence-corrected chi connectivity index (χ1v) is 6.48. The fraction of sp³-hybridized carbons (Fsp3) is 0.0769. The lowest BCUT2D eigenvalue weighted by Gasteiger charge is -2.15. The van der Waals surface area contributed by atoms with E-state index >= 15 is 0 Å². The standard InChI is InChI=1S/C13H8BN3S/c1-7-4-5-9-10-11(16-17(9)14)8-3-2-6-15-13(8)18-12(7)10/h2-6H,1H3. The van der Waals surface area contributed by atoms with Gasteiger partial charge in [-0.05, 0) is 30.7 Å². The van der Waals surface area contributed by atoms with E-state index < -0.39 is 0 Å². The van der Waals surface area contributed by atoms with Crippen LogP contribution in [0.1, 0.15) is 5.56 Å². The summed E-state index contributed by atoms with van der Waals surface area (Å²) in [5.74, 6) is 0. The highest BCUT2D eigenvalue weighted by Gasteiger charge is 2.24. The second-order valence-electron chi connectivity index (χ2n) is 4.36. The molecule has 0 N–H and O–H groups in total. The van der Waals surface area contributed by atoms with Crippen LogP contribution in [0.15, 0.2) is 40.4 Å². The maximum absolute atomic E-state index is 5.93. The van der Waals surface area contributed by atoms with E-state index in [1.807, 2.05) is 24.4 Å². The van der Waals surface area contributed by atoms with E-state index in [-0.39, 0.29) is 0 Å². The SMILES string of the molecule is [B]n1nc2c3c(c(C)ccc31)Sc1ncccc1-2. The van der Waals surface area contributed by atoms with Crippen LogP contribution in [0.25, 0.3) is 22.2 Å². The molecule has 18 heavy (non-hydrogen) atoms. The van der Waals surface area contributed by atoms with Crippen LogP contribution in [-0.2, 0) is 0 Å². The molecule has 5 heteroatoms. The van der Waals surface area contributed by atoms with Crippen molar-refractivity contribution >= 4 is 30.6 Å². The van der Waals surface area contributed by atoms with Crippen LogP contribution in [0.3, 0.4) is 0 Å². The van der Waals surface area contributed by atoms with Crippen molar-refractivity contribution in [3.8, 4) is 11.3 Å². The highest BCUT2D eigenvalue weighted by atomic mass is 32.2. The summed E-state index contributed by atoms with van der Waals surface area (Å²) < 4.78 is 1.45. The van der Waals surface area contributed by atoms with Gasteiger partial charge in [0.1, 0.15) is 10.7 Å². The molecule has 0 aliphatic carbocycles. The molecule has 0 saturated heterocycles. The van der Waals surface area contributed by atoms with Gasteiger partial charge in [-0.3, -0.25) is 0 Å². The van der Waals surface area contributed by atoms with Gasteiger partial charge >= 0.3 is 0 Å². The van der Waals surface area contributed by atoms with Gasteiger partial charge in [-0.15, -0.1) is 0 Å². The molecule has 1 aliphatic heterocycles. The molecule has 0 unspecified atom stereocenters. The maximum atomic E-state index is 5.93. The summed E-state index contributed by atoms with van der Waals surface area (Å²) in [5.41, 5.74) is 4.20. The predicted octanol–water partition coefficient (Wildman–Crippen LogP) is 2.80. The third kappa shape index (κ3) is 1.17. The Kier molecular flexibility index (Phi) is 1.92. The van der Waals surface area contributed by atoms with Crippen molar-refractivity contribution in [1.29, 1.82) is 0 Å². The Morgan fingerprint density at radius 1 is 1.28 bits per heavy atom. The normalized spacial score (nSPS) is 12.7.